The topological polar surface area (TPSA) is 41.3 Å². The van der Waals surface area contributed by atoms with E-state index in [1.165, 1.54) is 0 Å². The molecule has 66 valence electrons. The third-order valence-corrected chi connectivity index (χ3v) is 1.93. The van der Waals surface area contributed by atoms with Crippen LogP contribution < -0.4 is 10.6 Å². The van der Waals surface area contributed by atoms with E-state index in [1.807, 2.05) is 0 Å². The molecule has 3 heteroatoms. The number of quaternary nitrogens is 2. The van der Waals surface area contributed by atoms with Crippen molar-refractivity contribution in [3.05, 3.63) is 0 Å². The van der Waals surface area contributed by atoms with Crippen molar-refractivity contribution < 1.29 is 15.4 Å². The summed E-state index contributed by atoms with van der Waals surface area (Å²) < 4.78 is 5.27. The summed E-state index contributed by atoms with van der Waals surface area (Å²) in [5.41, 5.74) is 4.32. The maximum absolute atomic E-state index is 5.27. The Labute approximate surface area is 68.5 Å². The van der Waals surface area contributed by atoms with E-state index in [2.05, 4.69) is 19.6 Å². The van der Waals surface area contributed by atoms with Crippen LogP contribution in [0.5, 0.6) is 0 Å². The molecule has 0 unspecified atom stereocenters. The van der Waals surface area contributed by atoms with Crippen molar-refractivity contribution >= 4 is 0 Å². The highest BCUT2D eigenvalue weighted by molar-refractivity contribution is 4.59. The fourth-order valence-corrected chi connectivity index (χ4v) is 1.51. The Morgan fingerprint density at radius 3 is 2.36 bits per heavy atom. The van der Waals surface area contributed by atoms with Gasteiger partial charge in [0.1, 0.15) is 25.2 Å². The van der Waals surface area contributed by atoms with Crippen molar-refractivity contribution in [2.45, 2.75) is 19.4 Å². The van der Waals surface area contributed by atoms with Crippen LogP contribution in [0, 0.1) is 0 Å². The van der Waals surface area contributed by atoms with Gasteiger partial charge in [0.05, 0.1) is 13.2 Å². The quantitative estimate of drug-likeness (QED) is 0.478. The van der Waals surface area contributed by atoms with Crippen LogP contribution in [0.1, 0.15) is 13.8 Å². The zero-order chi connectivity index (χ0) is 8.32. The van der Waals surface area contributed by atoms with Gasteiger partial charge in [0.15, 0.2) is 0 Å². The molecule has 1 heterocycles. The summed E-state index contributed by atoms with van der Waals surface area (Å²) in [5, 5.41) is 0. The number of nitrogens with one attached hydrogen (secondary N) is 1. The Morgan fingerprint density at radius 2 is 1.91 bits per heavy atom. The summed E-state index contributed by atoms with van der Waals surface area (Å²) in [7, 11) is 0. The van der Waals surface area contributed by atoms with Crippen molar-refractivity contribution in [1.29, 1.82) is 0 Å². The predicted molar refractivity (Wildman–Crippen MR) is 43.3 cm³/mol. The maximum atomic E-state index is 5.27. The van der Waals surface area contributed by atoms with E-state index < -0.39 is 0 Å². The van der Waals surface area contributed by atoms with Gasteiger partial charge in [-0.25, -0.2) is 0 Å². The van der Waals surface area contributed by atoms with Crippen LogP contribution in [-0.2, 0) is 4.74 Å². The lowest BCUT2D eigenvalue weighted by Gasteiger charge is -2.27. The zero-order valence-corrected chi connectivity index (χ0v) is 7.65. The maximum Gasteiger partial charge on any atom is 0.138 e. The lowest BCUT2D eigenvalue weighted by atomic mass is 10.1. The Morgan fingerprint density at radius 1 is 1.36 bits per heavy atom. The monoisotopic (exact) mass is 160 g/mol. The molecule has 3 nitrogen and oxygen atoms in total. The van der Waals surface area contributed by atoms with Gasteiger partial charge < -0.3 is 15.4 Å². The smallest absolute Gasteiger partial charge is 0.138 e. The molecule has 0 bridgehead atoms. The summed E-state index contributed by atoms with van der Waals surface area (Å²) in [6, 6.07) is 0. The highest BCUT2D eigenvalue weighted by Crippen LogP contribution is 1.87. The SMILES string of the molecule is CC(C)([NH3+])C[NH+]1CCOCC1. The molecule has 1 saturated heterocycles. The largest absolute Gasteiger partial charge is 0.370 e. The van der Waals surface area contributed by atoms with Gasteiger partial charge in [0.25, 0.3) is 0 Å². The number of ether oxygens (including phenoxy) is 1. The van der Waals surface area contributed by atoms with E-state index in [0.29, 0.717) is 0 Å². The van der Waals surface area contributed by atoms with Gasteiger partial charge >= 0.3 is 0 Å². The molecule has 1 aliphatic rings. The van der Waals surface area contributed by atoms with Gasteiger partial charge in [-0.3, -0.25) is 0 Å². The van der Waals surface area contributed by atoms with E-state index >= 15 is 0 Å². The minimum atomic E-state index is 0.215. The Hall–Kier alpha value is -0.120. The Balaban J connectivity index is 2.24. The standard InChI is InChI=1S/C8H18N2O/c1-8(2,9)7-10-3-5-11-6-4-10/h3-7,9H2,1-2H3/p+2. The summed E-state index contributed by atoms with van der Waals surface area (Å²) in [6.07, 6.45) is 0. The first-order chi connectivity index (χ1) is 5.08. The number of morpholine rings is 1. The summed E-state index contributed by atoms with van der Waals surface area (Å²) in [5.74, 6) is 0. The van der Waals surface area contributed by atoms with Crippen molar-refractivity contribution in [2.75, 3.05) is 32.8 Å². The zero-order valence-electron chi connectivity index (χ0n) is 7.65. The van der Waals surface area contributed by atoms with Crippen LogP contribution >= 0.6 is 0 Å². The summed E-state index contributed by atoms with van der Waals surface area (Å²) in [4.78, 5) is 1.64. The lowest BCUT2D eigenvalue weighted by molar-refractivity contribution is -0.921. The van der Waals surface area contributed by atoms with E-state index in [-0.39, 0.29) is 5.54 Å². The molecule has 1 fully saturated rings. The third kappa shape index (κ3) is 3.70. The second-order valence-electron chi connectivity index (χ2n) is 4.20. The average molecular weight is 160 g/mol. The molecular weight excluding hydrogens is 140 g/mol. The fourth-order valence-electron chi connectivity index (χ4n) is 1.51. The summed E-state index contributed by atoms with van der Waals surface area (Å²) in [6.45, 7) is 9.69. The van der Waals surface area contributed by atoms with Gasteiger partial charge in [-0.15, -0.1) is 0 Å². The van der Waals surface area contributed by atoms with Crippen LogP contribution in [0.2, 0.25) is 0 Å². The molecule has 1 rings (SSSR count). The van der Waals surface area contributed by atoms with Crippen molar-refractivity contribution in [2.24, 2.45) is 0 Å². The molecule has 0 atom stereocenters. The molecule has 4 N–H and O–H groups in total. The normalized spacial score (nSPS) is 22.1. The molecule has 0 aromatic heterocycles. The molecular formula is C8H20N2O+2. The average Bonchev–Trinajstić information content (AvgIpc) is 1.85. The number of hydrogen-bond acceptors (Lipinski definition) is 1. The minimum absolute atomic E-state index is 0.215. The molecule has 0 radical (unpaired) electrons. The van der Waals surface area contributed by atoms with E-state index in [0.717, 1.165) is 32.8 Å². The number of hydrogen-bond donors (Lipinski definition) is 2. The van der Waals surface area contributed by atoms with Crippen molar-refractivity contribution in [1.82, 2.24) is 0 Å². The number of rotatable bonds is 2. The van der Waals surface area contributed by atoms with Crippen LogP contribution in [0.3, 0.4) is 0 Å². The van der Waals surface area contributed by atoms with Gasteiger partial charge in [0, 0.05) is 0 Å². The highest BCUT2D eigenvalue weighted by Gasteiger charge is 2.24. The fraction of sp³-hybridized carbons (Fsp3) is 1.00. The highest BCUT2D eigenvalue weighted by atomic mass is 16.5. The van der Waals surface area contributed by atoms with Crippen LogP contribution in [-0.4, -0.2) is 38.4 Å². The molecule has 0 spiro atoms. The third-order valence-electron chi connectivity index (χ3n) is 1.93. The van der Waals surface area contributed by atoms with Crippen LogP contribution in [0.15, 0.2) is 0 Å². The molecule has 0 aromatic carbocycles. The molecule has 11 heavy (non-hydrogen) atoms. The van der Waals surface area contributed by atoms with E-state index in [9.17, 15) is 0 Å². The predicted octanol–water partition coefficient (Wildman–Crippen LogP) is -2.08. The van der Waals surface area contributed by atoms with Gasteiger partial charge in [-0.1, -0.05) is 0 Å². The van der Waals surface area contributed by atoms with Gasteiger partial charge in [0.2, 0.25) is 0 Å². The molecule has 1 aliphatic heterocycles. The van der Waals surface area contributed by atoms with Gasteiger partial charge in [-0.2, -0.15) is 0 Å². The first-order valence-corrected chi connectivity index (χ1v) is 4.35. The molecule has 0 aliphatic carbocycles. The van der Waals surface area contributed by atoms with Crippen LogP contribution in [0.4, 0.5) is 0 Å². The second kappa shape index (κ2) is 3.52. The molecule has 0 amide bonds. The molecule has 0 aromatic rings. The first-order valence-electron chi connectivity index (χ1n) is 4.35. The van der Waals surface area contributed by atoms with Gasteiger partial charge in [-0.05, 0) is 13.8 Å². The van der Waals surface area contributed by atoms with E-state index in [4.69, 9.17) is 4.74 Å². The second-order valence-corrected chi connectivity index (χ2v) is 4.20. The van der Waals surface area contributed by atoms with E-state index in [1.54, 1.807) is 4.90 Å². The van der Waals surface area contributed by atoms with Crippen molar-refractivity contribution in [3.63, 3.8) is 0 Å². The lowest BCUT2D eigenvalue weighted by Crippen LogP contribution is -3.17. The Bertz CT molecular complexity index is 114. The van der Waals surface area contributed by atoms with Crippen molar-refractivity contribution in [3.8, 4) is 0 Å². The molecule has 0 saturated carbocycles. The Kier molecular flexibility index (Phi) is 2.87. The summed E-state index contributed by atoms with van der Waals surface area (Å²) >= 11 is 0. The minimum Gasteiger partial charge on any atom is -0.370 e. The van der Waals surface area contributed by atoms with Crippen LogP contribution in [0.25, 0.3) is 0 Å². The first kappa shape index (κ1) is 8.97.